The highest BCUT2D eigenvalue weighted by Crippen LogP contribution is 2.38. The van der Waals surface area contributed by atoms with Crippen LogP contribution in [0.3, 0.4) is 0 Å². The highest BCUT2D eigenvalue weighted by molar-refractivity contribution is 5.73. The Morgan fingerprint density at radius 2 is 2.05 bits per heavy atom. The molecule has 0 atom stereocenters. The van der Waals surface area contributed by atoms with Gasteiger partial charge in [0.05, 0.1) is 13.0 Å². The maximum absolute atomic E-state index is 12.6. The molecule has 1 heterocycles. The molecule has 0 unspecified atom stereocenters. The lowest BCUT2D eigenvalue weighted by Gasteiger charge is -2.13. The molecule has 0 saturated heterocycles. The predicted molar refractivity (Wildman–Crippen MR) is 56.2 cm³/mol. The number of aromatic nitrogens is 1. The number of nitrogens with zero attached hydrogens (tertiary/aromatic N) is 1. The molecule has 0 bridgehead atoms. The summed E-state index contributed by atoms with van der Waals surface area (Å²) in [6.45, 7) is 1.44. The Morgan fingerprint density at radius 1 is 1.45 bits per heavy atom. The molecule has 0 fully saturated rings. The number of carbonyl (C=O) groups is 1. The number of carbonyl (C=O) groups excluding carboxylic acids is 1. The molecule has 4 nitrogen and oxygen atoms in total. The second-order valence-electron chi connectivity index (χ2n) is 3.68. The molecule has 0 aliphatic rings. The first-order valence-corrected chi connectivity index (χ1v) is 5.40. The minimum Gasteiger partial charge on any atom is -0.505 e. The second-order valence-corrected chi connectivity index (χ2v) is 3.68. The van der Waals surface area contributed by atoms with Gasteiger partial charge in [0.1, 0.15) is 11.4 Å². The van der Waals surface area contributed by atoms with Crippen LogP contribution in [0, 0.1) is 0 Å². The van der Waals surface area contributed by atoms with Crippen molar-refractivity contribution in [3.63, 3.8) is 0 Å². The average molecular weight is 299 g/mol. The Morgan fingerprint density at radius 3 is 2.50 bits per heavy atom. The van der Waals surface area contributed by atoms with Crippen molar-refractivity contribution in [1.82, 2.24) is 4.98 Å². The summed E-state index contributed by atoms with van der Waals surface area (Å²) in [7, 11) is 0. The second kappa shape index (κ2) is 6.02. The summed E-state index contributed by atoms with van der Waals surface area (Å²) in [5.41, 5.74) is -3.63. The van der Waals surface area contributed by atoms with Gasteiger partial charge in [0.15, 0.2) is 5.69 Å². The first-order valence-electron chi connectivity index (χ1n) is 5.40. The summed E-state index contributed by atoms with van der Waals surface area (Å²) in [5, 5.41) is 9.41. The zero-order valence-electron chi connectivity index (χ0n) is 10.2. The molecule has 0 aliphatic heterocycles. The molecule has 1 rings (SSSR count). The van der Waals surface area contributed by atoms with Crippen LogP contribution in [0.1, 0.15) is 30.3 Å². The molecule has 0 spiro atoms. The number of hydrogen-bond acceptors (Lipinski definition) is 4. The number of rotatable bonds is 4. The molecule has 1 aromatic rings. The summed E-state index contributed by atoms with van der Waals surface area (Å²) in [4.78, 5) is 13.9. The van der Waals surface area contributed by atoms with Crippen LogP contribution in [0.4, 0.5) is 22.0 Å². The predicted octanol–water partition coefficient (Wildman–Crippen LogP) is 2.85. The largest absolute Gasteiger partial charge is 0.505 e. The molecular formula is C11H10F5NO3. The van der Waals surface area contributed by atoms with Crippen LogP contribution < -0.4 is 0 Å². The average Bonchev–Trinajstić information content (AvgIpc) is 2.30. The highest BCUT2D eigenvalue weighted by Gasteiger charge is 2.38. The number of esters is 1. The van der Waals surface area contributed by atoms with Gasteiger partial charge < -0.3 is 9.84 Å². The van der Waals surface area contributed by atoms with Gasteiger partial charge in [-0.2, -0.15) is 13.2 Å². The van der Waals surface area contributed by atoms with Gasteiger partial charge in [0, 0.05) is 5.56 Å². The van der Waals surface area contributed by atoms with E-state index in [0.717, 1.165) is 0 Å². The monoisotopic (exact) mass is 299 g/mol. The summed E-state index contributed by atoms with van der Waals surface area (Å²) in [5.74, 6) is -2.29. The number of aromatic hydroxyl groups is 1. The van der Waals surface area contributed by atoms with Crippen LogP contribution in [0.5, 0.6) is 5.75 Å². The third-order valence-corrected chi connectivity index (χ3v) is 2.22. The molecular weight excluding hydrogens is 289 g/mol. The molecule has 0 aromatic carbocycles. The van der Waals surface area contributed by atoms with E-state index in [2.05, 4.69) is 9.72 Å². The molecule has 1 N–H and O–H groups in total. The van der Waals surface area contributed by atoms with Crippen molar-refractivity contribution in [1.29, 1.82) is 0 Å². The van der Waals surface area contributed by atoms with E-state index >= 15 is 0 Å². The van der Waals surface area contributed by atoms with Gasteiger partial charge in [-0.15, -0.1) is 0 Å². The summed E-state index contributed by atoms with van der Waals surface area (Å²) in [6, 6.07) is 0.548. The van der Waals surface area contributed by atoms with Crippen LogP contribution in [0.25, 0.3) is 0 Å². The fraction of sp³-hybridized carbons (Fsp3) is 0.455. The maximum atomic E-state index is 12.6. The number of alkyl halides is 5. The Balaban J connectivity index is 3.28. The number of ether oxygens (including phenoxy) is 1. The van der Waals surface area contributed by atoms with E-state index in [4.69, 9.17) is 0 Å². The lowest BCUT2D eigenvalue weighted by atomic mass is 10.1. The molecule has 0 aliphatic carbocycles. The summed E-state index contributed by atoms with van der Waals surface area (Å²) >= 11 is 0. The number of hydrogen-bond donors (Lipinski definition) is 1. The highest BCUT2D eigenvalue weighted by atomic mass is 19.4. The van der Waals surface area contributed by atoms with Gasteiger partial charge >= 0.3 is 12.1 Å². The van der Waals surface area contributed by atoms with E-state index in [0.29, 0.717) is 6.07 Å². The number of pyridine rings is 1. The van der Waals surface area contributed by atoms with Crippen LogP contribution in [-0.2, 0) is 22.1 Å². The van der Waals surface area contributed by atoms with Gasteiger partial charge in [-0.3, -0.25) is 4.79 Å². The van der Waals surface area contributed by atoms with Gasteiger partial charge in [0.25, 0.3) is 6.43 Å². The molecule has 9 heteroatoms. The van der Waals surface area contributed by atoms with Crippen molar-refractivity contribution >= 4 is 5.97 Å². The minimum absolute atomic E-state index is 0.0293. The molecule has 0 saturated carbocycles. The lowest BCUT2D eigenvalue weighted by molar-refractivity contribution is -0.144. The standard InChI is InChI=1S/C11H10F5NO3/c1-2-20-7(18)4-5-3-6(10(12)13)17-9(8(5)19)11(14,15)16/h3,10,19H,2,4H2,1H3. The Hall–Kier alpha value is -1.93. The first-order chi connectivity index (χ1) is 9.16. The minimum atomic E-state index is -5.11. The fourth-order valence-electron chi connectivity index (χ4n) is 1.42. The Labute approximate surface area is 110 Å². The third kappa shape index (κ3) is 3.78. The molecule has 0 amide bonds. The molecule has 20 heavy (non-hydrogen) atoms. The van der Waals surface area contributed by atoms with Crippen LogP contribution >= 0.6 is 0 Å². The van der Waals surface area contributed by atoms with Gasteiger partial charge in [-0.05, 0) is 13.0 Å². The van der Waals surface area contributed by atoms with E-state index in [1.807, 2.05) is 0 Å². The van der Waals surface area contributed by atoms with Crippen LogP contribution in [0.15, 0.2) is 6.07 Å². The van der Waals surface area contributed by atoms with Crippen molar-refractivity contribution in [2.24, 2.45) is 0 Å². The van der Waals surface area contributed by atoms with E-state index in [9.17, 15) is 31.9 Å². The van der Waals surface area contributed by atoms with Crippen molar-refractivity contribution in [2.45, 2.75) is 25.9 Å². The van der Waals surface area contributed by atoms with Crippen LogP contribution in [0.2, 0.25) is 0 Å². The zero-order valence-corrected chi connectivity index (χ0v) is 10.2. The van der Waals surface area contributed by atoms with Crippen molar-refractivity contribution in [2.75, 3.05) is 6.61 Å². The quantitative estimate of drug-likeness (QED) is 0.686. The van der Waals surface area contributed by atoms with E-state index in [1.165, 1.54) is 6.92 Å². The topological polar surface area (TPSA) is 59.4 Å². The Kier molecular flexibility index (Phi) is 4.85. The SMILES string of the molecule is CCOC(=O)Cc1cc(C(F)F)nc(C(F)(F)F)c1O. The van der Waals surface area contributed by atoms with Gasteiger partial charge in [-0.1, -0.05) is 0 Å². The summed E-state index contributed by atoms with van der Waals surface area (Å²) < 4.78 is 67.2. The van der Waals surface area contributed by atoms with Gasteiger partial charge in [0.2, 0.25) is 0 Å². The number of halogens is 5. The third-order valence-electron chi connectivity index (χ3n) is 2.22. The lowest BCUT2D eigenvalue weighted by Crippen LogP contribution is -2.14. The smallest absolute Gasteiger partial charge is 0.437 e. The van der Waals surface area contributed by atoms with Gasteiger partial charge in [-0.25, -0.2) is 13.8 Å². The first kappa shape index (κ1) is 16.1. The van der Waals surface area contributed by atoms with Crippen LogP contribution in [-0.4, -0.2) is 22.7 Å². The zero-order chi connectivity index (χ0) is 15.5. The van der Waals surface area contributed by atoms with Crippen molar-refractivity contribution < 1.29 is 36.6 Å². The molecule has 0 radical (unpaired) electrons. The Bertz CT molecular complexity index is 502. The molecule has 1 aromatic heterocycles. The maximum Gasteiger partial charge on any atom is 0.437 e. The van der Waals surface area contributed by atoms with E-state index in [-0.39, 0.29) is 6.61 Å². The van der Waals surface area contributed by atoms with E-state index < -0.39 is 47.7 Å². The normalized spacial score (nSPS) is 11.8. The van der Waals surface area contributed by atoms with Crippen molar-refractivity contribution in [3.05, 3.63) is 23.0 Å². The molecule has 112 valence electrons. The van der Waals surface area contributed by atoms with Crippen molar-refractivity contribution in [3.8, 4) is 5.75 Å². The fourth-order valence-corrected chi connectivity index (χ4v) is 1.42. The summed E-state index contributed by atoms with van der Waals surface area (Å²) in [6.07, 6.45) is -9.14. The van der Waals surface area contributed by atoms with E-state index in [1.54, 1.807) is 0 Å².